The normalized spacial score (nSPS) is 11.4. The number of benzene rings is 2. The maximum absolute atomic E-state index is 12.8. The van der Waals surface area contributed by atoms with E-state index in [0.29, 0.717) is 18.4 Å². The predicted octanol–water partition coefficient (Wildman–Crippen LogP) is 4.47. The lowest BCUT2D eigenvalue weighted by Crippen LogP contribution is -2.11. The van der Waals surface area contributed by atoms with Crippen LogP contribution >= 0.6 is 0 Å². The summed E-state index contributed by atoms with van der Waals surface area (Å²) < 4.78 is 40.2. The van der Waals surface area contributed by atoms with Crippen LogP contribution in [0.2, 0.25) is 0 Å². The van der Waals surface area contributed by atoms with Gasteiger partial charge in [0.2, 0.25) is 0 Å². The quantitative estimate of drug-likeness (QED) is 0.509. The molecule has 3 aromatic rings. The first-order valence-corrected chi connectivity index (χ1v) is 7.98. The molecule has 1 aromatic heterocycles. The van der Waals surface area contributed by atoms with E-state index in [4.69, 9.17) is 0 Å². The highest BCUT2D eigenvalue weighted by atomic mass is 19.4. The van der Waals surface area contributed by atoms with Gasteiger partial charge in [0, 0.05) is 25.0 Å². The summed E-state index contributed by atoms with van der Waals surface area (Å²) in [6.07, 6.45) is -1.28. The topological polar surface area (TPSA) is 73.0 Å². The minimum Gasteiger partial charge on any atom is -0.372 e. The lowest BCUT2D eigenvalue weighted by molar-refractivity contribution is -0.384. The molecule has 0 aliphatic carbocycles. The zero-order chi connectivity index (χ0) is 19.4. The average molecular weight is 376 g/mol. The van der Waals surface area contributed by atoms with Gasteiger partial charge in [-0.1, -0.05) is 30.3 Å². The highest BCUT2D eigenvalue weighted by Crippen LogP contribution is 2.35. The van der Waals surface area contributed by atoms with Crippen molar-refractivity contribution in [2.75, 3.05) is 5.32 Å². The molecule has 3 rings (SSSR count). The van der Waals surface area contributed by atoms with Crippen LogP contribution in [0.3, 0.4) is 0 Å². The van der Waals surface area contributed by atoms with Gasteiger partial charge in [0.05, 0.1) is 17.0 Å². The molecule has 9 heteroatoms. The largest absolute Gasteiger partial charge is 0.416 e. The van der Waals surface area contributed by atoms with Crippen LogP contribution in [0.4, 0.5) is 24.5 Å². The second kappa shape index (κ2) is 7.48. The van der Waals surface area contributed by atoms with Crippen molar-refractivity contribution >= 4 is 11.4 Å². The summed E-state index contributed by atoms with van der Waals surface area (Å²) >= 11 is 0. The molecular formula is C18H15F3N4O2. The number of nitrogens with one attached hydrogen (secondary N) is 1. The summed E-state index contributed by atoms with van der Waals surface area (Å²) in [7, 11) is 0. The summed E-state index contributed by atoms with van der Waals surface area (Å²) in [5, 5.41) is 14.0. The molecule has 0 saturated heterocycles. The summed E-state index contributed by atoms with van der Waals surface area (Å²) in [6.45, 7) is 0.693. The molecule has 27 heavy (non-hydrogen) atoms. The Bertz CT molecular complexity index is 939. The third-order valence-corrected chi connectivity index (χ3v) is 3.96. The van der Waals surface area contributed by atoms with Gasteiger partial charge in [-0.25, -0.2) is 4.98 Å². The maximum atomic E-state index is 12.8. The number of alkyl halides is 3. The molecule has 0 atom stereocenters. The second-order valence-corrected chi connectivity index (χ2v) is 5.80. The number of nitrogens with zero attached hydrogens (tertiary/aromatic N) is 3. The van der Waals surface area contributed by atoms with Crippen LogP contribution in [-0.2, 0) is 19.3 Å². The molecule has 0 saturated carbocycles. The maximum Gasteiger partial charge on any atom is 0.416 e. The molecule has 0 unspecified atom stereocenters. The molecule has 0 bridgehead atoms. The third kappa shape index (κ3) is 4.43. The van der Waals surface area contributed by atoms with Gasteiger partial charge in [-0.3, -0.25) is 10.1 Å². The first-order chi connectivity index (χ1) is 12.8. The highest BCUT2D eigenvalue weighted by Gasteiger charge is 2.33. The molecule has 0 spiro atoms. The van der Waals surface area contributed by atoms with Crippen molar-refractivity contribution in [3.05, 3.63) is 88.0 Å². The molecule has 6 nitrogen and oxygen atoms in total. The number of anilines is 1. The van der Waals surface area contributed by atoms with Gasteiger partial charge in [-0.05, 0) is 17.7 Å². The van der Waals surface area contributed by atoms with Crippen LogP contribution in [0.25, 0.3) is 0 Å². The van der Waals surface area contributed by atoms with Crippen LogP contribution < -0.4 is 5.32 Å². The summed E-state index contributed by atoms with van der Waals surface area (Å²) in [4.78, 5) is 14.5. The van der Waals surface area contributed by atoms with Gasteiger partial charge in [-0.2, -0.15) is 13.2 Å². The van der Waals surface area contributed by atoms with Gasteiger partial charge in [0.15, 0.2) is 0 Å². The third-order valence-electron chi connectivity index (χ3n) is 3.96. The van der Waals surface area contributed by atoms with Crippen molar-refractivity contribution in [3.8, 4) is 0 Å². The molecule has 0 aliphatic heterocycles. The van der Waals surface area contributed by atoms with Crippen LogP contribution in [0.15, 0.2) is 60.9 Å². The minimum atomic E-state index is -4.64. The second-order valence-electron chi connectivity index (χ2n) is 5.80. The lowest BCUT2D eigenvalue weighted by Gasteiger charge is -2.12. The molecular weight excluding hydrogens is 361 g/mol. The van der Waals surface area contributed by atoms with E-state index in [0.717, 1.165) is 17.7 Å². The van der Waals surface area contributed by atoms with E-state index >= 15 is 0 Å². The van der Waals surface area contributed by atoms with Crippen molar-refractivity contribution in [1.29, 1.82) is 0 Å². The van der Waals surface area contributed by atoms with Crippen molar-refractivity contribution in [3.63, 3.8) is 0 Å². The first-order valence-electron chi connectivity index (χ1n) is 7.98. The van der Waals surface area contributed by atoms with Crippen molar-refractivity contribution in [2.45, 2.75) is 19.3 Å². The molecule has 0 radical (unpaired) electrons. The van der Waals surface area contributed by atoms with E-state index < -0.39 is 22.4 Å². The van der Waals surface area contributed by atoms with Crippen LogP contribution in [0.5, 0.6) is 0 Å². The average Bonchev–Trinajstić information content (AvgIpc) is 3.06. The Kier molecular flexibility index (Phi) is 5.11. The monoisotopic (exact) mass is 376 g/mol. The number of nitro groups is 1. The molecule has 0 aliphatic rings. The van der Waals surface area contributed by atoms with E-state index in [2.05, 4.69) is 10.3 Å². The summed E-state index contributed by atoms with van der Waals surface area (Å²) in [6, 6.07) is 12.0. The Morgan fingerprint density at radius 2 is 1.89 bits per heavy atom. The van der Waals surface area contributed by atoms with Crippen LogP contribution in [0.1, 0.15) is 17.0 Å². The number of aromatic nitrogens is 2. The molecule has 0 amide bonds. The lowest BCUT2D eigenvalue weighted by atomic mass is 10.1. The summed E-state index contributed by atoms with van der Waals surface area (Å²) in [5.41, 5.74) is -0.643. The first kappa shape index (κ1) is 18.4. The number of nitro benzene ring substituents is 1. The van der Waals surface area contributed by atoms with E-state index in [1.165, 1.54) is 0 Å². The van der Waals surface area contributed by atoms with Gasteiger partial charge in [0.25, 0.3) is 5.69 Å². The Morgan fingerprint density at radius 1 is 1.15 bits per heavy atom. The Labute approximate surface area is 152 Å². The highest BCUT2D eigenvalue weighted by molar-refractivity contribution is 5.62. The Morgan fingerprint density at radius 3 is 2.56 bits per heavy atom. The van der Waals surface area contributed by atoms with Gasteiger partial charge >= 0.3 is 6.18 Å². The minimum absolute atomic E-state index is 0.00209. The van der Waals surface area contributed by atoms with E-state index in [9.17, 15) is 23.3 Å². The number of rotatable bonds is 6. The van der Waals surface area contributed by atoms with Crippen LogP contribution in [0, 0.1) is 10.1 Å². The zero-order valence-corrected chi connectivity index (χ0v) is 14.0. The fourth-order valence-corrected chi connectivity index (χ4v) is 2.61. The van der Waals surface area contributed by atoms with E-state index in [1.54, 1.807) is 12.4 Å². The Balaban J connectivity index is 1.78. The molecule has 0 fully saturated rings. The fourth-order valence-electron chi connectivity index (χ4n) is 2.61. The van der Waals surface area contributed by atoms with Gasteiger partial charge < -0.3 is 9.88 Å². The Hall–Kier alpha value is -3.36. The summed E-state index contributed by atoms with van der Waals surface area (Å²) in [5.74, 6) is 0.605. The van der Waals surface area contributed by atoms with Gasteiger partial charge in [0.1, 0.15) is 11.5 Å². The van der Waals surface area contributed by atoms with E-state index in [-0.39, 0.29) is 12.2 Å². The SMILES string of the molecule is O=[N+]([O-])c1cc(C(F)(F)F)ccc1NCc1nccn1Cc1ccccc1. The fraction of sp³-hybridized carbons (Fsp3) is 0.167. The molecule has 140 valence electrons. The van der Waals surface area contributed by atoms with Crippen molar-refractivity contribution < 1.29 is 18.1 Å². The predicted molar refractivity (Wildman–Crippen MR) is 93.2 cm³/mol. The van der Waals surface area contributed by atoms with Crippen LogP contribution in [-0.4, -0.2) is 14.5 Å². The molecule has 2 aromatic carbocycles. The van der Waals surface area contributed by atoms with Gasteiger partial charge in [-0.15, -0.1) is 0 Å². The molecule has 1 N–H and O–H groups in total. The number of imidazole rings is 1. The number of hydrogen-bond donors (Lipinski definition) is 1. The molecule has 1 heterocycles. The van der Waals surface area contributed by atoms with Crippen molar-refractivity contribution in [2.24, 2.45) is 0 Å². The standard InChI is InChI=1S/C18H15F3N4O2/c19-18(20,21)14-6-7-15(16(10-14)25(26)27)23-11-17-22-8-9-24(17)12-13-4-2-1-3-5-13/h1-10,23H,11-12H2. The van der Waals surface area contributed by atoms with Crippen molar-refractivity contribution in [1.82, 2.24) is 9.55 Å². The number of halogens is 3. The zero-order valence-electron chi connectivity index (χ0n) is 14.0. The smallest absolute Gasteiger partial charge is 0.372 e. The van der Waals surface area contributed by atoms with E-state index in [1.807, 2.05) is 34.9 Å². The number of hydrogen-bond acceptors (Lipinski definition) is 4.